The second-order valence-corrected chi connectivity index (χ2v) is 5.20. The molecule has 5 heteroatoms. The number of carbonyl (C=O) groups excluding carboxylic acids is 1. The zero-order chi connectivity index (χ0) is 15.3. The van der Waals surface area contributed by atoms with E-state index in [1.165, 1.54) is 36.3 Å². The second-order valence-electron chi connectivity index (χ2n) is 5.20. The van der Waals surface area contributed by atoms with E-state index in [-0.39, 0.29) is 18.0 Å². The molecule has 0 amide bonds. The number of allylic oxidation sites excluding steroid dienone is 2. The number of rotatable bonds is 4. The summed E-state index contributed by atoms with van der Waals surface area (Å²) in [5, 5.41) is 0. The monoisotopic (exact) mass is 298 g/mol. The predicted octanol–water partition coefficient (Wildman–Crippen LogP) is 4.59. The average Bonchev–Trinajstić information content (AvgIpc) is 2.40. The van der Waals surface area contributed by atoms with E-state index in [1.807, 2.05) is 0 Å². The predicted molar refractivity (Wildman–Crippen MR) is 73.0 cm³/mol. The maximum absolute atomic E-state index is 12.0. The second kappa shape index (κ2) is 6.78. The van der Waals surface area contributed by atoms with Gasteiger partial charge in [-0.2, -0.15) is 0 Å². The molecule has 114 valence electrons. The van der Waals surface area contributed by atoms with Crippen LogP contribution < -0.4 is 4.74 Å². The maximum atomic E-state index is 12.0. The van der Waals surface area contributed by atoms with Crippen LogP contribution in [0.3, 0.4) is 0 Å². The van der Waals surface area contributed by atoms with Crippen LogP contribution in [0.15, 0.2) is 35.9 Å². The molecule has 1 fully saturated rings. The summed E-state index contributed by atoms with van der Waals surface area (Å²) in [5.41, 5.74) is 1.87. The van der Waals surface area contributed by atoms with Crippen LogP contribution in [0.5, 0.6) is 5.75 Å². The molecule has 1 aromatic rings. The first-order valence-corrected chi connectivity index (χ1v) is 6.99. The number of carbonyl (C=O) groups is 1. The van der Waals surface area contributed by atoms with Crippen molar-refractivity contribution in [3.63, 3.8) is 0 Å². The number of ether oxygens (including phenoxy) is 1. The molecule has 0 unspecified atom stereocenters. The molecule has 0 radical (unpaired) electrons. The Morgan fingerprint density at radius 3 is 2.29 bits per heavy atom. The molecule has 0 heterocycles. The summed E-state index contributed by atoms with van der Waals surface area (Å²) in [6, 6.07) is 5.42. The van der Waals surface area contributed by atoms with Crippen molar-refractivity contribution < 1.29 is 22.7 Å². The van der Waals surface area contributed by atoms with Crippen LogP contribution in [0.4, 0.5) is 13.2 Å². The van der Waals surface area contributed by atoms with Crippen molar-refractivity contribution in [3.8, 4) is 5.75 Å². The van der Waals surface area contributed by atoms with Crippen LogP contribution in [0.2, 0.25) is 0 Å². The first-order valence-electron chi connectivity index (χ1n) is 6.99. The third-order valence-electron chi connectivity index (χ3n) is 3.40. The number of benzene rings is 1. The lowest BCUT2D eigenvalue weighted by Gasteiger charge is -2.13. The molecule has 2 nitrogen and oxygen atoms in total. The lowest BCUT2D eigenvalue weighted by molar-refractivity contribution is -0.274. The van der Waals surface area contributed by atoms with Gasteiger partial charge in [0.05, 0.1) is 0 Å². The van der Waals surface area contributed by atoms with E-state index >= 15 is 0 Å². The average molecular weight is 298 g/mol. The fourth-order valence-electron chi connectivity index (χ4n) is 2.44. The van der Waals surface area contributed by atoms with Gasteiger partial charge >= 0.3 is 6.36 Å². The van der Waals surface area contributed by atoms with Crippen molar-refractivity contribution in [3.05, 3.63) is 41.5 Å². The largest absolute Gasteiger partial charge is 0.573 e. The van der Waals surface area contributed by atoms with Gasteiger partial charge < -0.3 is 4.74 Å². The Morgan fingerprint density at radius 1 is 1.10 bits per heavy atom. The summed E-state index contributed by atoms with van der Waals surface area (Å²) in [4.78, 5) is 11.9. The highest BCUT2D eigenvalue weighted by molar-refractivity contribution is 5.92. The van der Waals surface area contributed by atoms with Crippen molar-refractivity contribution in [2.24, 2.45) is 0 Å². The van der Waals surface area contributed by atoms with Gasteiger partial charge in [-0.15, -0.1) is 13.2 Å². The summed E-state index contributed by atoms with van der Waals surface area (Å²) in [6.45, 7) is 0. The summed E-state index contributed by atoms with van der Waals surface area (Å²) in [7, 11) is 0. The van der Waals surface area contributed by atoms with Gasteiger partial charge in [0.15, 0.2) is 5.78 Å². The molecule has 0 N–H and O–H groups in total. The normalized spacial score (nSPS) is 15.7. The van der Waals surface area contributed by atoms with Gasteiger partial charge in [0.1, 0.15) is 5.75 Å². The number of hydrogen-bond acceptors (Lipinski definition) is 2. The fourth-order valence-corrected chi connectivity index (χ4v) is 2.44. The molecule has 0 saturated heterocycles. The van der Waals surface area contributed by atoms with Crippen molar-refractivity contribution in [1.82, 2.24) is 0 Å². The van der Waals surface area contributed by atoms with Crippen molar-refractivity contribution in [2.45, 2.75) is 44.9 Å². The molecule has 1 saturated carbocycles. The molecular weight excluding hydrogens is 281 g/mol. The van der Waals surface area contributed by atoms with Gasteiger partial charge in [0.2, 0.25) is 0 Å². The van der Waals surface area contributed by atoms with E-state index in [4.69, 9.17) is 0 Å². The fraction of sp³-hybridized carbons (Fsp3) is 0.438. The van der Waals surface area contributed by atoms with E-state index in [2.05, 4.69) is 4.74 Å². The third kappa shape index (κ3) is 5.61. The number of alkyl halides is 3. The minimum absolute atomic E-state index is 0.00334. The van der Waals surface area contributed by atoms with Gasteiger partial charge in [0.25, 0.3) is 0 Å². The molecule has 0 spiro atoms. The lowest BCUT2D eigenvalue weighted by atomic mass is 9.93. The Kier molecular flexibility index (Phi) is 5.04. The van der Waals surface area contributed by atoms with Crippen LogP contribution in [0.25, 0.3) is 0 Å². The molecular formula is C16H17F3O2. The van der Waals surface area contributed by atoms with Gasteiger partial charge in [-0.1, -0.05) is 24.1 Å². The number of halogens is 3. The van der Waals surface area contributed by atoms with Gasteiger partial charge in [-0.3, -0.25) is 4.79 Å². The quantitative estimate of drug-likeness (QED) is 0.760. The lowest BCUT2D eigenvalue weighted by Crippen LogP contribution is -2.17. The zero-order valence-electron chi connectivity index (χ0n) is 11.6. The van der Waals surface area contributed by atoms with E-state index in [0.29, 0.717) is 5.56 Å². The Morgan fingerprint density at radius 2 is 1.71 bits per heavy atom. The molecule has 1 aliphatic carbocycles. The van der Waals surface area contributed by atoms with Gasteiger partial charge in [-0.25, -0.2) is 0 Å². The van der Waals surface area contributed by atoms with E-state index < -0.39 is 6.36 Å². The summed E-state index contributed by atoms with van der Waals surface area (Å²) >= 11 is 0. The summed E-state index contributed by atoms with van der Waals surface area (Å²) < 4.78 is 39.9. The smallest absolute Gasteiger partial charge is 0.406 e. The number of hydrogen-bond donors (Lipinski definition) is 0. The van der Waals surface area contributed by atoms with Crippen LogP contribution in [-0.2, 0) is 11.2 Å². The highest BCUT2D eigenvalue weighted by Gasteiger charge is 2.30. The molecule has 2 rings (SSSR count). The Hall–Kier alpha value is -1.78. The summed E-state index contributed by atoms with van der Waals surface area (Å²) in [5.74, 6) is -0.277. The maximum Gasteiger partial charge on any atom is 0.573 e. The van der Waals surface area contributed by atoms with Crippen molar-refractivity contribution >= 4 is 5.78 Å². The molecule has 0 aromatic heterocycles. The standard InChI is InChI=1S/C16H17F3O2/c17-16(18,19)21-15-8-6-13(7-9-15)11-14(20)10-12-4-2-1-3-5-12/h6-10H,1-5,11H2. The molecule has 0 aliphatic heterocycles. The van der Waals surface area contributed by atoms with E-state index in [9.17, 15) is 18.0 Å². The molecule has 1 aromatic carbocycles. The van der Waals surface area contributed by atoms with Gasteiger partial charge in [0, 0.05) is 6.42 Å². The van der Waals surface area contributed by atoms with Crippen LogP contribution in [0.1, 0.15) is 37.7 Å². The Bertz CT molecular complexity index is 507. The van der Waals surface area contributed by atoms with Gasteiger partial charge in [-0.05, 0) is 49.5 Å². The first-order chi connectivity index (χ1) is 9.92. The topological polar surface area (TPSA) is 26.3 Å². The zero-order valence-corrected chi connectivity index (χ0v) is 11.6. The van der Waals surface area contributed by atoms with Crippen LogP contribution in [-0.4, -0.2) is 12.1 Å². The first kappa shape index (κ1) is 15.6. The highest BCUT2D eigenvalue weighted by atomic mass is 19.4. The van der Waals surface area contributed by atoms with Crippen molar-refractivity contribution in [2.75, 3.05) is 0 Å². The highest BCUT2D eigenvalue weighted by Crippen LogP contribution is 2.24. The molecule has 0 bridgehead atoms. The Labute approximate surface area is 121 Å². The van der Waals surface area contributed by atoms with Crippen molar-refractivity contribution in [1.29, 1.82) is 0 Å². The van der Waals surface area contributed by atoms with E-state index in [0.717, 1.165) is 25.7 Å². The molecule has 0 atom stereocenters. The minimum atomic E-state index is -4.69. The molecule has 1 aliphatic rings. The molecule has 21 heavy (non-hydrogen) atoms. The van der Waals surface area contributed by atoms with Crippen LogP contribution in [0, 0.1) is 0 Å². The third-order valence-corrected chi connectivity index (χ3v) is 3.40. The minimum Gasteiger partial charge on any atom is -0.406 e. The SMILES string of the molecule is O=C(C=C1CCCCC1)Cc1ccc(OC(F)(F)F)cc1. The summed E-state index contributed by atoms with van der Waals surface area (Å²) in [6.07, 6.45) is 2.63. The number of ketones is 1. The van der Waals surface area contributed by atoms with Crippen LogP contribution >= 0.6 is 0 Å². The Balaban J connectivity index is 1.92. The van der Waals surface area contributed by atoms with E-state index in [1.54, 1.807) is 6.08 Å².